The molecular weight excluding hydrogens is 240 g/mol. The minimum Gasteiger partial charge on any atom is -0.454 e. The highest BCUT2D eigenvalue weighted by Gasteiger charge is 2.15. The van der Waals surface area contributed by atoms with Gasteiger partial charge in [0.15, 0.2) is 17.3 Å². The molecule has 1 heterocycles. The van der Waals surface area contributed by atoms with Gasteiger partial charge in [-0.3, -0.25) is 4.79 Å². The normalized spacial score (nSPS) is 13.6. The standard InChI is InChI=1S/C13H13ClO3/c1-8(2)11(15)4-3-9-5-12-13(6-10(9)14)17-7-16-12/h3-6,8H,7H2,1-2H3. The molecule has 4 heteroatoms. The summed E-state index contributed by atoms with van der Waals surface area (Å²) in [5.74, 6) is 1.35. The SMILES string of the molecule is CC(C)C(=O)C=Cc1cc2c(cc1Cl)OCO2. The molecule has 1 aromatic carbocycles. The maximum Gasteiger partial charge on any atom is 0.231 e. The van der Waals surface area contributed by atoms with Crippen LogP contribution in [0.15, 0.2) is 18.2 Å². The third-order valence-corrected chi connectivity index (χ3v) is 2.82. The number of hydrogen-bond donors (Lipinski definition) is 0. The lowest BCUT2D eigenvalue weighted by Crippen LogP contribution is -2.01. The van der Waals surface area contributed by atoms with Gasteiger partial charge < -0.3 is 9.47 Å². The highest BCUT2D eigenvalue weighted by Crippen LogP contribution is 2.37. The molecule has 0 fully saturated rings. The second kappa shape index (κ2) is 4.80. The first-order chi connectivity index (χ1) is 8.08. The van der Waals surface area contributed by atoms with Crippen LogP contribution in [0.25, 0.3) is 6.08 Å². The number of ether oxygens (including phenoxy) is 2. The third-order valence-electron chi connectivity index (χ3n) is 2.49. The molecule has 2 rings (SSSR count). The first-order valence-corrected chi connectivity index (χ1v) is 5.77. The minimum atomic E-state index is -0.0148. The summed E-state index contributed by atoms with van der Waals surface area (Å²) < 4.78 is 10.4. The Morgan fingerprint density at radius 2 is 2.00 bits per heavy atom. The quantitative estimate of drug-likeness (QED) is 0.775. The summed E-state index contributed by atoms with van der Waals surface area (Å²) in [4.78, 5) is 11.5. The molecule has 0 spiro atoms. The molecule has 0 unspecified atom stereocenters. The van der Waals surface area contributed by atoms with E-state index in [0.717, 1.165) is 5.56 Å². The van der Waals surface area contributed by atoms with Gasteiger partial charge in [-0.1, -0.05) is 25.4 Å². The fourth-order valence-electron chi connectivity index (χ4n) is 1.42. The molecule has 0 saturated heterocycles. The Labute approximate surface area is 105 Å². The van der Waals surface area contributed by atoms with Crippen molar-refractivity contribution in [2.75, 3.05) is 6.79 Å². The van der Waals surface area contributed by atoms with E-state index in [4.69, 9.17) is 21.1 Å². The second-order valence-electron chi connectivity index (χ2n) is 4.12. The highest BCUT2D eigenvalue weighted by molar-refractivity contribution is 6.32. The molecule has 0 amide bonds. The van der Waals surface area contributed by atoms with Crippen LogP contribution in [0.4, 0.5) is 0 Å². The van der Waals surface area contributed by atoms with E-state index in [2.05, 4.69) is 0 Å². The van der Waals surface area contributed by atoms with Crippen molar-refractivity contribution in [1.82, 2.24) is 0 Å². The van der Waals surface area contributed by atoms with E-state index >= 15 is 0 Å². The van der Waals surface area contributed by atoms with E-state index in [1.54, 1.807) is 18.2 Å². The van der Waals surface area contributed by atoms with Crippen molar-refractivity contribution >= 4 is 23.5 Å². The molecule has 90 valence electrons. The number of halogens is 1. The largest absolute Gasteiger partial charge is 0.454 e. The van der Waals surface area contributed by atoms with E-state index < -0.39 is 0 Å². The first kappa shape index (κ1) is 12.0. The van der Waals surface area contributed by atoms with Crippen LogP contribution in [0, 0.1) is 5.92 Å². The summed E-state index contributed by atoms with van der Waals surface area (Å²) in [7, 11) is 0. The summed E-state index contributed by atoms with van der Waals surface area (Å²) in [6.07, 6.45) is 3.24. The summed E-state index contributed by atoms with van der Waals surface area (Å²) >= 11 is 6.07. The van der Waals surface area contributed by atoms with Crippen LogP contribution >= 0.6 is 11.6 Å². The Morgan fingerprint density at radius 3 is 2.65 bits per heavy atom. The molecule has 0 radical (unpaired) electrons. The third kappa shape index (κ3) is 2.61. The van der Waals surface area contributed by atoms with Crippen LogP contribution in [0.2, 0.25) is 5.02 Å². The first-order valence-electron chi connectivity index (χ1n) is 5.39. The van der Waals surface area contributed by atoms with Gasteiger partial charge in [-0.25, -0.2) is 0 Å². The van der Waals surface area contributed by atoms with Crippen LogP contribution in [0.3, 0.4) is 0 Å². The molecule has 1 aliphatic heterocycles. The number of carbonyl (C=O) groups is 1. The van der Waals surface area contributed by atoms with Crippen molar-refractivity contribution in [2.45, 2.75) is 13.8 Å². The summed E-state index contributed by atoms with van der Waals surface area (Å²) in [5.41, 5.74) is 0.755. The Bertz CT molecular complexity index is 478. The molecule has 0 bridgehead atoms. The Balaban J connectivity index is 2.25. The molecule has 0 N–H and O–H groups in total. The Hall–Kier alpha value is -1.48. The number of benzene rings is 1. The average Bonchev–Trinajstić information content (AvgIpc) is 2.72. The van der Waals surface area contributed by atoms with Gasteiger partial charge in [-0.15, -0.1) is 0 Å². The van der Waals surface area contributed by atoms with Gasteiger partial charge in [0.25, 0.3) is 0 Å². The van der Waals surface area contributed by atoms with Crippen LogP contribution in [-0.2, 0) is 4.79 Å². The average molecular weight is 253 g/mol. The number of ketones is 1. The number of fused-ring (bicyclic) bond motifs is 1. The van der Waals surface area contributed by atoms with Crippen LogP contribution in [0.1, 0.15) is 19.4 Å². The predicted octanol–water partition coefficient (Wildman–Crippen LogP) is 3.31. The number of carbonyl (C=O) groups excluding carboxylic acids is 1. The predicted molar refractivity (Wildman–Crippen MR) is 66.5 cm³/mol. The smallest absolute Gasteiger partial charge is 0.231 e. The maximum absolute atomic E-state index is 11.5. The fourth-order valence-corrected chi connectivity index (χ4v) is 1.64. The summed E-state index contributed by atoms with van der Waals surface area (Å²) in [5, 5.41) is 0.544. The number of rotatable bonds is 3. The van der Waals surface area contributed by atoms with E-state index in [9.17, 15) is 4.79 Å². The minimum absolute atomic E-state index is 0.0148. The van der Waals surface area contributed by atoms with Crippen LogP contribution < -0.4 is 9.47 Å². The van der Waals surface area contributed by atoms with E-state index in [1.807, 2.05) is 13.8 Å². The van der Waals surface area contributed by atoms with Gasteiger partial charge in [-0.05, 0) is 23.8 Å². The van der Waals surface area contributed by atoms with Gasteiger partial charge in [-0.2, -0.15) is 0 Å². The molecule has 3 nitrogen and oxygen atoms in total. The zero-order chi connectivity index (χ0) is 12.4. The van der Waals surface area contributed by atoms with Crippen molar-refractivity contribution < 1.29 is 14.3 Å². The number of hydrogen-bond acceptors (Lipinski definition) is 3. The van der Waals surface area contributed by atoms with Crippen molar-refractivity contribution in [2.24, 2.45) is 5.92 Å². The molecule has 0 saturated carbocycles. The van der Waals surface area contributed by atoms with E-state index in [0.29, 0.717) is 16.5 Å². The highest BCUT2D eigenvalue weighted by atomic mass is 35.5. The summed E-state index contributed by atoms with van der Waals surface area (Å²) in [6.45, 7) is 3.92. The molecule has 0 aliphatic carbocycles. The Morgan fingerprint density at radius 1 is 1.35 bits per heavy atom. The molecule has 1 aromatic rings. The monoisotopic (exact) mass is 252 g/mol. The van der Waals surface area contributed by atoms with Gasteiger partial charge in [0.2, 0.25) is 6.79 Å². The molecule has 1 aliphatic rings. The molecule has 17 heavy (non-hydrogen) atoms. The molecule has 0 atom stereocenters. The second-order valence-corrected chi connectivity index (χ2v) is 4.52. The van der Waals surface area contributed by atoms with Gasteiger partial charge >= 0.3 is 0 Å². The lowest BCUT2D eigenvalue weighted by atomic mass is 10.1. The summed E-state index contributed by atoms with van der Waals surface area (Å²) in [6, 6.07) is 3.47. The molecular formula is C13H13ClO3. The maximum atomic E-state index is 11.5. The zero-order valence-corrected chi connectivity index (χ0v) is 10.5. The topological polar surface area (TPSA) is 35.5 Å². The van der Waals surface area contributed by atoms with Gasteiger partial charge in [0, 0.05) is 12.0 Å². The van der Waals surface area contributed by atoms with Crippen molar-refractivity contribution in [3.05, 3.63) is 28.8 Å². The van der Waals surface area contributed by atoms with Gasteiger partial charge in [0.1, 0.15) is 0 Å². The lowest BCUT2D eigenvalue weighted by molar-refractivity contribution is -0.117. The van der Waals surface area contributed by atoms with Crippen molar-refractivity contribution in [3.63, 3.8) is 0 Å². The van der Waals surface area contributed by atoms with Crippen LogP contribution in [0.5, 0.6) is 11.5 Å². The van der Waals surface area contributed by atoms with E-state index in [-0.39, 0.29) is 18.5 Å². The van der Waals surface area contributed by atoms with E-state index in [1.165, 1.54) is 6.08 Å². The lowest BCUT2D eigenvalue weighted by Gasteiger charge is -2.02. The van der Waals surface area contributed by atoms with Crippen molar-refractivity contribution in [3.8, 4) is 11.5 Å². The zero-order valence-electron chi connectivity index (χ0n) is 9.70. The Kier molecular flexibility index (Phi) is 3.38. The number of allylic oxidation sites excluding steroid dienone is 1. The van der Waals surface area contributed by atoms with Gasteiger partial charge in [0.05, 0.1) is 5.02 Å². The van der Waals surface area contributed by atoms with Crippen molar-refractivity contribution in [1.29, 1.82) is 0 Å². The fraction of sp³-hybridized carbons (Fsp3) is 0.308. The van der Waals surface area contributed by atoms with Crippen LogP contribution in [-0.4, -0.2) is 12.6 Å². The molecule has 0 aromatic heterocycles.